The summed E-state index contributed by atoms with van der Waals surface area (Å²) in [6.45, 7) is 7.54. The normalized spacial score (nSPS) is 12.3. The van der Waals surface area contributed by atoms with Crippen molar-refractivity contribution in [3.05, 3.63) is 35.4 Å². The number of carbonyl (C=O) groups is 1. The van der Waals surface area contributed by atoms with E-state index in [2.05, 4.69) is 5.32 Å². The highest BCUT2D eigenvalue weighted by atomic mass is 16.2. The minimum absolute atomic E-state index is 0.297. The summed E-state index contributed by atoms with van der Waals surface area (Å²) >= 11 is 0. The lowest BCUT2D eigenvalue weighted by atomic mass is 9.86. The first-order valence-corrected chi connectivity index (χ1v) is 6.46. The highest BCUT2D eigenvalue weighted by molar-refractivity contribution is 5.85. The van der Waals surface area contributed by atoms with Gasteiger partial charge in [-0.15, -0.1) is 0 Å². The van der Waals surface area contributed by atoms with Crippen LogP contribution in [-0.4, -0.2) is 11.4 Å². The van der Waals surface area contributed by atoms with Crippen LogP contribution >= 0.6 is 0 Å². The zero-order valence-corrected chi connectivity index (χ0v) is 12.3. The van der Waals surface area contributed by atoms with E-state index >= 15 is 0 Å². The predicted octanol–water partition coefficient (Wildman–Crippen LogP) is 2.66. The van der Waals surface area contributed by atoms with Crippen LogP contribution in [0.4, 0.5) is 0 Å². The number of aryl methyl sites for hydroxylation is 1. The maximum Gasteiger partial charge on any atom is 0.230 e. The van der Waals surface area contributed by atoms with Crippen LogP contribution in [0, 0.1) is 35.5 Å². The van der Waals surface area contributed by atoms with Crippen LogP contribution in [0.5, 0.6) is 0 Å². The van der Waals surface area contributed by atoms with Crippen LogP contribution in [0.1, 0.15) is 37.8 Å². The molecule has 0 radical (unpaired) electrons. The van der Waals surface area contributed by atoms with E-state index in [1.807, 2.05) is 52.0 Å². The molecule has 1 atom stereocenters. The first kappa shape index (κ1) is 15.7. The molecule has 0 aliphatic rings. The van der Waals surface area contributed by atoms with Crippen molar-refractivity contribution in [1.82, 2.24) is 5.32 Å². The summed E-state index contributed by atoms with van der Waals surface area (Å²) in [6, 6.07) is 11.2. The van der Waals surface area contributed by atoms with Crippen molar-refractivity contribution < 1.29 is 4.79 Å². The number of hydrogen-bond donors (Lipinski definition) is 1. The van der Waals surface area contributed by atoms with E-state index in [0.29, 0.717) is 5.56 Å². The summed E-state index contributed by atoms with van der Waals surface area (Å²) in [6.07, 6.45) is 0. The lowest BCUT2D eigenvalue weighted by molar-refractivity contribution is -0.124. The topological polar surface area (TPSA) is 76.7 Å². The van der Waals surface area contributed by atoms with Gasteiger partial charge in [-0.05, 0) is 33.3 Å². The molecule has 0 aliphatic carbocycles. The molecule has 0 heterocycles. The van der Waals surface area contributed by atoms with Crippen molar-refractivity contribution >= 4 is 5.91 Å². The van der Waals surface area contributed by atoms with E-state index in [1.165, 1.54) is 0 Å². The van der Waals surface area contributed by atoms with Gasteiger partial charge in [-0.1, -0.05) is 29.8 Å². The van der Waals surface area contributed by atoms with E-state index in [0.717, 1.165) is 5.56 Å². The summed E-state index contributed by atoms with van der Waals surface area (Å²) in [7, 11) is 0. The number of nitriles is 2. The number of carbonyl (C=O) groups excluding carboxylic acids is 1. The number of amides is 1. The van der Waals surface area contributed by atoms with Gasteiger partial charge in [0.25, 0.3) is 0 Å². The molecule has 4 nitrogen and oxygen atoms in total. The van der Waals surface area contributed by atoms with Crippen LogP contribution in [0.25, 0.3) is 0 Å². The molecule has 1 aromatic carbocycles. The molecule has 0 aromatic heterocycles. The fourth-order valence-corrected chi connectivity index (χ4v) is 1.89. The van der Waals surface area contributed by atoms with Gasteiger partial charge >= 0.3 is 0 Å². The largest absolute Gasteiger partial charge is 0.351 e. The van der Waals surface area contributed by atoms with Gasteiger partial charge in [-0.25, -0.2) is 0 Å². The third-order valence-electron chi connectivity index (χ3n) is 2.83. The molecule has 0 fully saturated rings. The standard InChI is InChI=1S/C16H19N3O/c1-11-5-7-12(8-6-11)14(13(9-17)10-18)15(20)19-16(2,3)4/h5-8,13-14H,1-4H3,(H,19,20). The molecule has 4 heteroatoms. The average Bonchev–Trinajstić information content (AvgIpc) is 2.35. The van der Waals surface area contributed by atoms with E-state index in [1.54, 1.807) is 12.1 Å². The molecule has 1 unspecified atom stereocenters. The summed E-state index contributed by atoms with van der Waals surface area (Å²) in [5.74, 6) is -2.07. The Balaban J connectivity index is 3.16. The van der Waals surface area contributed by atoms with Crippen LogP contribution in [0.15, 0.2) is 24.3 Å². The Morgan fingerprint density at radius 2 is 1.65 bits per heavy atom. The number of nitrogens with zero attached hydrogens (tertiary/aromatic N) is 2. The van der Waals surface area contributed by atoms with Crippen LogP contribution < -0.4 is 5.32 Å². The Morgan fingerprint density at radius 3 is 2.05 bits per heavy atom. The van der Waals surface area contributed by atoms with Gasteiger partial charge < -0.3 is 5.32 Å². The first-order valence-electron chi connectivity index (χ1n) is 6.46. The molecule has 0 spiro atoms. The van der Waals surface area contributed by atoms with Crippen molar-refractivity contribution in [2.45, 2.75) is 39.2 Å². The summed E-state index contributed by atoms with van der Waals surface area (Å²) < 4.78 is 0. The molecular formula is C16H19N3O. The highest BCUT2D eigenvalue weighted by Crippen LogP contribution is 2.25. The van der Waals surface area contributed by atoms with Gasteiger partial charge in [0, 0.05) is 5.54 Å². The SMILES string of the molecule is Cc1ccc(C(C(=O)NC(C)(C)C)C(C#N)C#N)cc1. The molecule has 104 valence electrons. The zero-order chi connectivity index (χ0) is 15.3. The van der Waals surface area contributed by atoms with Gasteiger partial charge in [-0.3, -0.25) is 4.79 Å². The summed E-state index contributed by atoms with van der Waals surface area (Å²) in [4.78, 5) is 12.4. The maximum atomic E-state index is 12.4. The Bertz CT molecular complexity index is 541. The van der Waals surface area contributed by atoms with Gasteiger partial charge in [0.1, 0.15) is 5.92 Å². The highest BCUT2D eigenvalue weighted by Gasteiger charge is 2.32. The molecule has 1 rings (SSSR count). The van der Waals surface area contributed by atoms with Crippen molar-refractivity contribution in [1.29, 1.82) is 10.5 Å². The first-order chi connectivity index (χ1) is 9.28. The van der Waals surface area contributed by atoms with Crippen LogP contribution in [0.2, 0.25) is 0 Å². The third-order valence-corrected chi connectivity index (χ3v) is 2.83. The molecule has 1 N–H and O–H groups in total. The second-order valence-electron chi connectivity index (χ2n) is 5.86. The monoisotopic (exact) mass is 269 g/mol. The molecular weight excluding hydrogens is 250 g/mol. The Hall–Kier alpha value is -2.33. The molecule has 0 bridgehead atoms. The lowest BCUT2D eigenvalue weighted by Gasteiger charge is -2.25. The van der Waals surface area contributed by atoms with Gasteiger partial charge in [0.2, 0.25) is 5.91 Å². The summed E-state index contributed by atoms with van der Waals surface area (Å²) in [5, 5.41) is 21.1. The van der Waals surface area contributed by atoms with Crippen LogP contribution in [-0.2, 0) is 4.79 Å². The zero-order valence-electron chi connectivity index (χ0n) is 12.3. The quantitative estimate of drug-likeness (QED) is 0.916. The van der Waals surface area contributed by atoms with Crippen molar-refractivity contribution in [2.24, 2.45) is 5.92 Å². The Morgan fingerprint density at radius 1 is 1.15 bits per heavy atom. The van der Waals surface area contributed by atoms with E-state index in [4.69, 9.17) is 10.5 Å². The van der Waals surface area contributed by atoms with E-state index < -0.39 is 17.4 Å². The van der Waals surface area contributed by atoms with Crippen molar-refractivity contribution in [3.63, 3.8) is 0 Å². The molecule has 20 heavy (non-hydrogen) atoms. The fourth-order valence-electron chi connectivity index (χ4n) is 1.89. The number of rotatable bonds is 3. The number of hydrogen-bond acceptors (Lipinski definition) is 3. The maximum absolute atomic E-state index is 12.4. The predicted molar refractivity (Wildman–Crippen MR) is 76.5 cm³/mol. The van der Waals surface area contributed by atoms with E-state index in [9.17, 15) is 4.79 Å². The molecule has 0 saturated carbocycles. The molecule has 0 saturated heterocycles. The smallest absolute Gasteiger partial charge is 0.230 e. The third kappa shape index (κ3) is 4.10. The Kier molecular flexibility index (Phi) is 4.88. The second-order valence-corrected chi connectivity index (χ2v) is 5.86. The van der Waals surface area contributed by atoms with Gasteiger partial charge in [0.15, 0.2) is 0 Å². The minimum Gasteiger partial charge on any atom is -0.351 e. The van der Waals surface area contributed by atoms with Crippen molar-refractivity contribution in [2.75, 3.05) is 0 Å². The number of nitrogens with one attached hydrogen (secondary N) is 1. The molecule has 0 aliphatic heterocycles. The Labute approximate surface area is 120 Å². The molecule has 1 aromatic rings. The molecule has 1 amide bonds. The van der Waals surface area contributed by atoms with E-state index in [-0.39, 0.29) is 5.91 Å². The average molecular weight is 269 g/mol. The van der Waals surface area contributed by atoms with Crippen molar-refractivity contribution in [3.8, 4) is 12.1 Å². The fraction of sp³-hybridized carbons (Fsp3) is 0.438. The minimum atomic E-state index is -1.000. The lowest BCUT2D eigenvalue weighted by Crippen LogP contribution is -2.44. The summed E-state index contributed by atoms with van der Waals surface area (Å²) in [5.41, 5.74) is 1.34. The second kappa shape index (κ2) is 6.21. The van der Waals surface area contributed by atoms with Gasteiger partial charge in [-0.2, -0.15) is 10.5 Å². The van der Waals surface area contributed by atoms with Gasteiger partial charge in [0.05, 0.1) is 18.1 Å². The number of benzene rings is 1. The van der Waals surface area contributed by atoms with Crippen LogP contribution in [0.3, 0.4) is 0 Å².